The molecule has 0 spiro atoms. The first-order valence-electron chi connectivity index (χ1n) is 8.38. The summed E-state index contributed by atoms with van der Waals surface area (Å²) in [5, 5.41) is 4.37. The van der Waals surface area contributed by atoms with Crippen LogP contribution in [0.4, 0.5) is 0 Å². The van der Waals surface area contributed by atoms with Crippen molar-refractivity contribution in [3.8, 4) is 0 Å². The number of morpholine rings is 1. The monoisotopic (exact) mass is 313 g/mol. The zero-order chi connectivity index (χ0) is 15.8. The van der Waals surface area contributed by atoms with Gasteiger partial charge in [0.1, 0.15) is 6.54 Å². The number of carbonyl (C=O) groups excluding carboxylic acids is 1. The Kier molecular flexibility index (Phi) is 3.83. The molecule has 3 atom stereocenters. The van der Waals surface area contributed by atoms with Gasteiger partial charge in [0.25, 0.3) is 0 Å². The third-order valence-electron chi connectivity index (χ3n) is 4.95. The molecule has 1 amide bonds. The number of hydrogen-bond donors (Lipinski definition) is 1. The van der Waals surface area contributed by atoms with E-state index in [1.807, 2.05) is 22.9 Å². The van der Waals surface area contributed by atoms with Crippen LogP contribution in [-0.2, 0) is 16.1 Å². The molecule has 2 aliphatic heterocycles. The topological polar surface area (TPSA) is 46.5 Å². The van der Waals surface area contributed by atoms with Crippen molar-refractivity contribution in [1.82, 2.24) is 14.8 Å². The molecule has 2 fully saturated rings. The molecule has 1 aromatic heterocycles. The van der Waals surface area contributed by atoms with Crippen molar-refractivity contribution >= 4 is 16.8 Å². The van der Waals surface area contributed by atoms with E-state index in [0.29, 0.717) is 18.7 Å². The SMILES string of the molecule is C[C@@H]1CN2C[C@H](NC(=O)Cn3ccc4ccccc43)C[C@H]2CO1. The van der Waals surface area contributed by atoms with Crippen LogP contribution < -0.4 is 5.32 Å². The highest BCUT2D eigenvalue weighted by Gasteiger charge is 2.36. The maximum absolute atomic E-state index is 12.4. The van der Waals surface area contributed by atoms with E-state index in [0.717, 1.165) is 31.6 Å². The summed E-state index contributed by atoms with van der Waals surface area (Å²) in [6.07, 6.45) is 3.27. The first kappa shape index (κ1) is 14.7. The van der Waals surface area contributed by atoms with Crippen molar-refractivity contribution in [2.75, 3.05) is 19.7 Å². The van der Waals surface area contributed by atoms with Crippen LogP contribution in [-0.4, -0.2) is 53.3 Å². The number of rotatable bonds is 3. The largest absolute Gasteiger partial charge is 0.376 e. The van der Waals surface area contributed by atoms with E-state index in [9.17, 15) is 4.79 Å². The Morgan fingerprint density at radius 3 is 3.09 bits per heavy atom. The molecule has 1 aromatic carbocycles. The zero-order valence-corrected chi connectivity index (χ0v) is 13.4. The van der Waals surface area contributed by atoms with E-state index in [1.165, 1.54) is 5.39 Å². The number of hydrogen-bond acceptors (Lipinski definition) is 3. The van der Waals surface area contributed by atoms with Crippen LogP contribution in [0.3, 0.4) is 0 Å². The Balaban J connectivity index is 1.37. The molecular formula is C18H23N3O2. The minimum atomic E-state index is 0.0881. The lowest BCUT2D eigenvalue weighted by atomic mass is 10.1. The molecule has 4 rings (SSSR count). The van der Waals surface area contributed by atoms with Crippen molar-refractivity contribution in [2.24, 2.45) is 0 Å². The second-order valence-electron chi connectivity index (χ2n) is 6.75. The Morgan fingerprint density at radius 1 is 1.30 bits per heavy atom. The van der Waals surface area contributed by atoms with Gasteiger partial charge in [-0.15, -0.1) is 0 Å². The number of nitrogens with one attached hydrogen (secondary N) is 1. The van der Waals surface area contributed by atoms with Gasteiger partial charge in [-0.25, -0.2) is 0 Å². The lowest BCUT2D eigenvalue weighted by molar-refractivity contribution is -0.122. The summed E-state index contributed by atoms with van der Waals surface area (Å²) in [4.78, 5) is 14.8. The molecule has 2 aliphatic rings. The second-order valence-corrected chi connectivity index (χ2v) is 6.75. The number of para-hydroxylation sites is 1. The van der Waals surface area contributed by atoms with E-state index in [1.54, 1.807) is 0 Å². The lowest BCUT2D eigenvalue weighted by Crippen LogP contribution is -2.45. The smallest absolute Gasteiger partial charge is 0.240 e. The predicted molar refractivity (Wildman–Crippen MR) is 89.3 cm³/mol. The Morgan fingerprint density at radius 2 is 2.17 bits per heavy atom. The molecule has 0 saturated carbocycles. The van der Waals surface area contributed by atoms with Crippen LogP contribution in [0.15, 0.2) is 36.5 Å². The van der Waals surface area contributed by atoms with Gasteiger partial charge in [-0.05, 0) is 30.9 Å². The first-order chi connectivity index (χ1) is 11.2. The highest BCUT2D eigenvalue weighted by molar-refractivity contribution is 5.83. The minimum Gasteiger partial charge on any atom is -0.376 e. The average molecular weight is 313 g/mol. The number of aromatic nitrogens is 1. The van der Waals surface area contributed by atoms with Crippen LogP contribution in [0, 0.1) is 0 Å². The summed E-state index contributed by atoms with van der Waals surface area (Å²) >= 11 is 0. The van der Waals surface area contributed by atoms with Gasteiger partial charge in [-0.2, -0.15) is 0 Å². The van der Waals surface area contributed by atoms with E-state index >= 15 is 0 Å². The molecule has 1 N–H and O–H groups in total. The molecule has 5 nitrogen and oxygen atoms in total. The van der Waals surface area contributed by atoms with Gasteiger partial charge in [0, 0.05) is 36.9 Å². The third-order valence-corrected chi connectivity index (χ3v) is 4.95. The number of nitrogens with zero attached hydrogens (tertiary/aromatic N) is 2. The molecular weight excluding hydrogens is 290 g/mol. The molecule has 2 aromatic rings. The number of benzene rings is 1. The third kappa shape index (κ3) is 2.99. The number of carbonyl (C=O) groups is 1. The normalized spacial score (nSPS) is 28.0. The van der Waals surface area contributed by atoms with Crippen LogP contribution >= 0.6 is 0 Å². The van der Waals surface area contributed by atoms with Crippen molar-refractivity contribution < 1.29 is 9.53 Å². The van der Waals surface area contributed by atoms with Gasteiger partial charge in [-0.3, -0.25) is 9.69 Å². The second kappa shape index (κ2) is 5.98. The Bertz CT molecular complexity index is 711. The molecule has 0 aliphatic carbocycles. The fourth-order valence-electron chi connectivity index (χ4n) is 3.85. The van der Waals surface area contributed by atoms with E-state index in [2.05, 4.69) is 35.3 Å². The van der Waals surface area contributed by atoms with Gasteiger partial charge in [-0.1, -0.05) is 18.2 Å². The number of ether oxygens (including phenoxy) is 1. The maximum atomic E-state index is 12.4. The predicted octanol–water partition coefficient (Wildman–Crippen LogP) is 1.62. The van der Waals surface area contributed by atoms with Gasteiger partial charge in [0.2, 0.25) is 5.91 Å². The Hall–Kier alpha value is -1.85. The maximum Gasteiger partial charge on any atom is 0.240 e. The fraction of sp³-hybridized carbons (Fsp3) is 0.500. The number of fused-ring (bicyclic) bond motifs is 2. The standard InChI is InChI=1S/C18H23N3O2/c1-13-9-21-10-15(8-16(21)12-23-13)19-18(22)11-20-7-6-14-4-2-3-5-17(14)20/h2-7,13,15-16H,8-12H2,1H3,(H,19,22)/t13-,15-,16+/m1/s1. The highest BCUT2D eigenvalue weighted by atomic mass is 16.5. The summed E-state index contributed by atoms with van der Waals surface area (Å²) in [7, 11) is 0. The van der Waals surface area contributed by atoms with Gasteiger partial charge in [0.05, 0.1) is 12.7 Å². The van der Waals surface area contributed by atoms with Crippen LogP contribution in [0.2, 0.25) is 0 Å². The van der Waals surface area contributed by atoms with Crippen LogP contribution in [0.5, 0.6) is 0 Å². The molecule has 3 heterocycles. The molecule has 2 saturated heterocycles. The lowest BCUT2D eigenvalue weighted by Gasteiger charge is -2.33. The first-order valence-corrected chi connectivity index (χ1v) is 8.38. The molecule has 122 valence electrons. The van der Waals surface area contributed by atoms with E-state index in [-0.39, 0.29) is 11.9 Å². The summed E-state index contributed by atoms with van der Waals surface area (Å²) in [6, 6.07) is 10.9. The van der Waals surface area contributed by atoms with Gasteiger partial charge in [0.15, 0.2) is 0 Å². The zero-order valence-electron chi connectivity index (χ0n) is 13.4. The van der Waals surface area contributed by atoms with Crippen molar-refractivity contribution in [2.45, 2.75) is 38.1 Å². The van der Waals surface area contributed by atoms with Crippen molar-refractivity contribution in [1.29, 1.82) is 0 Å². The highest BCUT2D eigenvalue weighted by Crippen LogP contribution is 2.23. The van der Waals surface area contributed by atoms with Gasteiger partial charge >= 0.3 is 0 Å². The Labute approximate surface area is 136 Å². The van der Waals surface area contributed by atoms with Crippen LogP contribution in [0.25, 0.3) is 10.9 Å². The summed E-state index contributed by atoms with van der Waals surface area (Å²) in [6.45, 7) is 5.19. The van der Waals surface area contributed by atoms with Crippen molar-refractivity contribution in [3.05, 3.63) is 36.5 Å². The fourth-order valence-corrected chi connectivity index (χ4v) is 3.85. The summed E-state index contributed by atoms with van der Waals surface area (Å²) in [5.41, 5.74) is 1.11. The van der Waals surface area contributed by atoms with E-state index < -0.39 is 0 Å². The van der Waals surface area contributed by atoms with Gasteiger partial charge < -0.3 is 14.6 Å². The minimum absolute atomic E-state index is 0.0881. The molecule has 5 heteroatoms. The quantitative estimate of drug-likeness (QED) is 0.937. The molecule has 23 heavy (non-hydrogen) atoms. The summed E-state index contributed by atoms with van der Waals surface area (Å²) < 4.78 is 7.73. The number of amides is 1. The van der Waals surface area contributed by atoms with Crippen LogP contribution in [0.1, 0.15) is 13.3 Å². The van der Waals surface area contributed by atoms with E-state index in [4.69, 9.17) is 4.74 Å². The molecule has 0 bridgehead atoms. The molecule has 0 unspecified atom stereocenters. The summed E-state index contributed by atoms with van der Waals surface area (Å²) in [5.74, 6) is 0.0881. The van der Waals surface area contributed by atoms with Crippen molar-refractivity contribution in [3.63, 3.8) is 0 Å². The molecule has 0 radical (unpaired) electrons. The average Bonchev–Trinajstić information content (AvgIpc) is 3.11.